The van der Waals surface area contributed by atoms with Gasteiger partial charge in [0, 0.05) is 27.1 Å². The Balaban J connectivity index is 2.62. The fourth-order valence-electron chi connectivity index (χ4n) is 1.34. The molecule has 1 aromatic rings. The molecule has 7 heteroatoms. The third-order valence-electron chi connectivity index (χ3n) is 2.65. The molecule has 1 amide bonds. The maximum Gasteiger partial charge on any atom is 0.240 e. The van der Waals surface area contributed by atoms with Crippen molar-refractivity contribution in [3.63, 3.8) is 0 Å². The molecule has 106 valence electrons. The quantitative estimate of drug-likeness (QED) is 0.824. The molecule has 0 atom stereocenters. The molecule has 0 aliphatic rings. The summed E-state index contributed by atoms with van der Waals surface area (Å²) in [6, 6.07) is 6.10. The van der Waals surface area contributed by atoms with Gasteiger partial charge in [-0.2, -0.15) is 0 Å². The normalized spacial score (nSPS) is 11.1. The fourth-order valence-corrected chi connectivity index (χ4v) is 2.36. The Kier molecular flexibility index (Phi) is 5.31. The van der Waals surface area contributed by atoms with Gasteiger partial charge in [-0.25, -0.2) is 13.1 Å². The molecule has 1 aromatic carbocycles. The number of carbonyl (C=O) groups excluding carboxylic acids is 1. The van der Waals surface area contributed by atoms with Crippen LogP contribution in [-0.4, -0.2) is 46.5 Å². The summed E-state index contributed by atoms with van der Waals surface area (Å²) in [5.74, 6) is 0.485. The molecule has 0 saturated carbocycles. The van der Waals surface area contributed by atoms with Crippen LogP contribution in [0.15, 0.2) is 29.2 Å². The van der Waals surface area contributed by atoms with E-state index in [1.807, 2.05) is 0 Å². The summed E-state index contributed by atoms with van der Waals surface area (Å²) in [6.45, 7) is 1.92. The number of ether oxygens (including phenoxy) is 1. The van der Waals surface area contributed by atoms with E-state index in [-0.39, 0.29) is 17.3 Å². The highest BCUT2D eigenvalue weighted by Gasteiger charge is 2.13. The van der Waals surface area contributed by atoms with Crippen LogP contribution in [0.3, 0.4) is 0 Å². The van der Waals surface area contributed by atoms with Gasteiger partial charge in [-0.05, 0) is 24.3 Å². The highest BCUT2D eigenvalue weighted by Crippen LogP contribution is 2.14. The molecule has 0 heterocycles. The summed E-state index contributed by atoms with van der Waals surface area (Å²) in [7, 11) is -0.422. The van der Waals surface area contributed by atoms with Crippen LogP contribution in [0.4, 0.5) is 0 Å². The summed E-state index contributed by atoms with van der Waals surface area (Å²) in [5, 5.41) is 0. The van der Waals surface area contributed by atoms with Crippen molar-refractivity contribution in [1.29, 1.82) is 0 Å². The molecular weight excluding hydrogens is 268 g/mol. The second kappa shape index (κ2) is 6.53. The van der Waals surface area contributed by atoms with Gasteiger partial charge in [0.2, 0.25) is 15.9 Å². The van der Waals surface area contributed by atoms with Crippen molar-refractivity contribution < 1.29 is 17.9 Å². The number of likely N-dealkylation sites (N-methyl/N-ethyl adjacent to an activating group) is 1. The van der Waals surface area contributed by atoms with E-state index >= 15 is 0 Å². The zero-order valence-corrected chi connectivity index (χ0v) is 12.0. The number of nitrogens with one attached hydrogen (secondary N) is 1. The Morgan fingerprint density at radius 1 is 1.32 bits per heavy atom. The first-order valence-corrected chi connectivity index (χ1v) is 7.20. The van der Waals surface area contributed by atoms with Crippen LogP contribution < -0.4 is 9.46 Å². The summed E-state index contributed by atoms with van der Waals surface area (Å²) in [5.41, 5.74) is 0. The van der Waals surface area contributed by atoms with E-state index in [1.165, 1.54) is 31.1 Å². The van der Waals surface area contributed by atoms with E-state index in [4.69, 9.17) is 4.74 Å². The van der Waals surface area contributed by atoms with Gasteiger partial charge >= 0.3 is 0 Å². The van der Waals surface area contributed by atoms with Gasteiger partial charge in [0.25, 0.3) is 0 Å². The van der Waals surface area contributed by atoms with Crippen LogP contribution in [0.25, 0.3) is 0 Å². The highest BCUT2D eigenvalue weighted by atomic mass is 32.2. The Morgan fingerprint density at radius 3 is 2.37 bits per heavy atom. The zero-order chi connectivity index (χ0) is 14.5. The van der Waals surface area contributed by atoms with Crippen LogP contribution in [0, 0.1) is 0 Å². The second-order valence-electron chi connectivity index (χ2n) is 4.01. The number of hydrogen-bond acceptors (Lipinski definition) is 4. The number of benzene rings is 1. The minimum absolute atomic E-state index is 0.108. The Bertz CT molecular complexity index is 525. The zero-order valence-electron chi connectivity index (χ0n) is 11.2. The van der Waals surface area contributed by atoms with Gasteiger partial charge in [0.1, 0.15) is 5.75 Å². The molecular formula is C12H18N2O4S. The molecule has 0 aromatic heterocycles. The molecule has 19 heavy (non-hydrogen) atoms. The number of methoxy groups -OCH3 is 1. The number of sulfonamides is 1. The van der Waals surface area contributed by atoms with E-state index in [9.17, 15) is 13.2 Å². The number of hydrogen-bond donors (Lipinski definition) is 1. The molecule has 0 bridgehead atoms. The first-order valence-electron chi connectivity index (χ1n) is 5.72. The molecule has 0 saturated heterocycles. The van der Waals surface area contributed by atoms with Gasteiger partial charge in [0.05, 0.1) is 12.0 Å². The van der Waals surface area contributed by atoms with E-state index < -0.39 is 10.0 Å². The summed E-state index contributed by atoms with van der Waals surface area (Å²) in [6.07, 6.45) is 0. The van der Waals surface area contributed by atoms with Gasteiger partial charge < -0.3 is 9.64 Å². The van der Waals surface area contributed by atoms with Crippen molar-refractivity contribution in [2.75, 3.05) is 27.2 Å². The average molecular weight is 286 g/mol. The van der Waals surface area contributed by atoms with Crippen molar-refractivity contribution in [3.05, 3.63) is 24.3 Å². The first kappa shape index (κ1) is 15.5. The molecule has 0 unspecified atom stereocenters. The summed E-state index contributed by atoms with van der Waals surface area (Å²) < 4.78 is 31.3. The predicted octanol–water partition coefficient (Wildman–Crippen LogP) is 0.452. The van der Waals surface area contributed by atoms with E-state index in [1.54, 1.807) is 19.2 Å². The van der Waals surface area contributed by atoms with Gasteiger partial charge in [-0.15, -0.1) is 0 Å². The lowest BCUT2D eigenvalue weighted by Crippen LogP contribution is -2.35. The van der Waals surface area contributed by atoms with Crippen molar-refractivity contribution in [2.24, 2.45) is 0 Å². The van der Waals surface area contributed by atoms with Crippen LogP contribution in [-0.2, 0) is 14.8 Å². The smallest absolute Gasteiger partial charge is 0.240 e. The lowest BCUT2D eigenvalue weighted by molar-refractivity contribution is -0.127. The topological polar surface area (TPSA) is 75.7 Å². The minimum atomic E-state index is -3.55. The van der Waals surface area contributed by atoms with E-state index in [0.29, 0.717) is 12.3 Å². The molecule has 0 spiro atoms. The molecule has 6 nitrogen and oxygen atoms in total. The van der Waals surface area contributed by atoms with E-state index in [2.05, 4.69) is 4.72 Å². The van der Waals surface area contributed by atoms with Crippen LogP contribution >= 0.6 is 0 Å². The third-order valence-corrected chi connectivity index (χ3v) is 4.12. The minimum Gasteiger partial charge on any atom is -0.497 e. The number of nitrogens with zero attached hydrogens (tertiary/aromatic N) is 1. The van der Waals surface area contributed by atoms with Gasteiger partial charge in [-0.3, -0.25) is 4.79 Å². The van der Waals surface area contributed by atoms with Crippen molar-refractivity contribution in [3.8, 4) is 5.75 Å². The maximum atomic E-state index is 11.9. The standard InChI is InChI=1S/C12H18N2O4S/c1-10(15)14(2)9-8-13-19(16,17)12-6-4-11(18-3)5-7-12/h4-7,13H,8-9H2,1-3H3. The van der Waals surface area contributed by atoms with Crippen molar-refractivity contribution >= 4 is 15.9 Å². The largest absolute Gasteiger partial charge is 0.497 e. The van der Waals surface area contributed by atoms with Gasteiger partial charge in [0.15, 0.2) is 0 Å². The second-order valence-corrected chi connectivity index (χ2v) is 5.78. The molecule has 0 aliphatic heterocycles. The third kappa shape index (κ3) is 4.53. The monoisotopic (exact) mass is 286 g/mol. The molecule has 1 N–H and O–H groups in total. The summed E-state index contributed by atoms with van der Waals surface area (Å²) in [4.78, 5) is 12.6. The number of carbonyl (C=O) groups is 1. The van der Waals surface area contributed by atoms with E-state index in [0.717, 1.165) is 0 Å². The van der Waals surface area contributed by atoms with Crippen molar-refractivity contribution in [2.45, 2.75) is 11.8 Å². The average Bonchev–Trinajstić information content (AvgIpc) is 2.38. The molecule has 0 fully saturated rings. The maximum absolute atomic E-state index is 11.9. The lowest BCUT2D eigenvalue weighted by Gasteiger charge is -2.15. The number of rotatable bonds is 6. The Hall–Kier alpha value is -1.60. The highest BCUT2D eigenvalue weighted by molar-refractivity contribution is 7.89. The Morgan fingerprint density at radius 2 is 1.89 bits per heavy atom. The first-order chi connectivity index (χ1) is 8.86. The van der Waals surface area contributed by atoms with Crippen molar-refractivity contribution in [1.82, 2.24) is 9.62 Å². The van der Waals surface area contributed by atoms with Crippen LogP contribution in [0.1, 0.15) is 6.92 Å². The predicted molar refractivity (Wildman–Crippen MR) is 71.5 cm³/mol. The molecule has 1 rings (SSSR count). The summed E-state index contributed by atoms with van der Waals surface area (Å²) >= 11 is 0. The van der Waals surface area contributed by atoms with Gasteiger partial charge in [-0.1, -0.05) is 0 Å². The van der Waals surface area contributed by atoms with Crippen LogP contribution in [0.5, 0.6) is 5.75 Å². The van der Waals surface area contributed by atoms with Crippen LogP contribution in [0.2, 0.25) is 0 Å². The lowest BCUT2D eigenvalue weighted by atomic mass is 10.3. The SMILES string of the molecule is COc1ccc(S(=O)(=O)NCCN(C)C(C)=O)cc1. The Labute approximate surface area is 113 Å². The molecule has 0 aliphatic carbocycles. The fraction of sp³-hybridized carbons (Fsp3) is 0.417. The molecule has 0 radical (unpaired) electrons. The number of amides is 1.